The van der Waals surface area contributed by atoms with Gasteiger partial charge in [0.25, 0.3) is 0 Å². The number of carbonyl (C=O) groups is 1. The van der Waals surface area contributed by atoms with Gasteiger partial charge in [-0.05, 0) is 0 Å². The number of aliphatic imine (C=N–C) groups is 1. The zero-order valence-corrected chi connectivity index (χ0v) is 5.37. The minimum absolute atomic E-state index is 0.206. The summed E-state index contributed by atoms with van der Waals surface area (Å²) in [5, 5.41) is 11.3. The van der Waals surface area contributed by atoms with Gasteiger partial charge >= 0.3 is 0 Å². The fourth-order valence-corrected chi connectivity index (χ4v) is 0.739. The minimum atomic E-state index is 0.206. The summed E-state index contributed by atoms with van der Waals surface area (Å²) >= 11 is 0. The summed E-state index contributed by atoms with van der Waals surface area (Å²) in [4.78, 5) is 14.1. The molecule has 0 saturated heterocycles. The van der Waals surface area contributed by atoms with E-state index in [1.807, 2.05) is 0 Å². The number of nitrogens with one attached hydrogen (secondary N) is 1. The molecule has 0 aliphatic carbocycles. The predicted molar refractivity (Wildman–Crippen MR) is 37.1 cm³/mol. The van der Waals surface area contributed by atoms with E-state index in [1.54, 1.807) is 0 Å². The van der Waals surface area contributed by atoms with Crippen LogP contribution in [0.2, 0.25) is 0 Å². The van der Waals surface area contributed by atoms with Crippen LogP contribution in [-0.2, 0) is 4.79 Å². The van der Waals surface area contributed by atoms with Crippen molar-refractivity contribution in [3.05, 3.63) is 11.8 Å². The Labute approximate surface area is 58.3 Å². The van der Waals surface area contributed by atoms with E-state index in [0.717, 1.165) is 12.8 Å². The molecule has 0 aromatic carbocycles. The summed E-state index contributed by atoms with van der Waals surface area (Å²) in [7, 11) is 0. The van der Waals surface area contributed by atoms with Gasteiger partial charge in [0.2, 0.25) is 0 Å². The Kier molecular flexibility index (Phi) is 2.04. The van der Waals surface area contributed by atoms with E-state index in [1.165, 1.54) is 0 Å². The van der Waals surface area contributed by atoms with E-state index in [4.69, 9.17) is 5.11 Å². The van der Waals surface area contributed by atoms with Crippen LogP contribution in [0.5, 0.6) is 0 Å². The van der Waals surface area contributed by atoms with E-state index in [0.29, 0.717) is 18.7 Å². The largest absolute Gasteiger partial charge is 0.515 e. The van der Waals surface area contributed by atoms with Crippen LogP contribution in [0, 0.1) is 0 Å². The highest BCUT2D eigenvalue weighted by Crippen LogP contribution is 1.95. The second-order valence-corrected chi connectivity index (χ2v) is 1.86. The highest BCUT2D eigenvalue weighted by atomic mass is 16.2. The van der Waals surface area contributed by atoms with E-state index < -0.39 is 0 Å². The summed E-state index contributed by atoms with van der Waals surface area (Å²) in [5.41, 5.74) is 0.206. The molecule has 2 N–H and O–H groups in total. The highest BCUT2D eigenvalue weighted by molar-refractivity contribution is 6.13. The molecule has 0 bridgehead atoms. The van der Waals surface area contributed by atoms with E-state index >= 15 is 0 Å². The van der Waals surface area contributed by atoms with Crippen molar-refractivity contribution in [1.29, 1.82) is 0 Å². The number of carbonyl (C=O) groups excluding carboxylic acids is 1. The fraction of sp³-hybridized carbons (Fsp3) is 0.333. The molecule has 0 amide bonds. The van der Waals surface area contributed by atoms with Crippen molar-refractivity contribution in [2.45, 2.75) is 0 Å². The molecule has 0 fully saturated rings. The zero-order chi connectivity index (χ0) is 7.40. The van der Waals surface area contributed by atoms with Gasteiger partial charge in [-0.2, -0.15) is 0 Å². The predicted octanol–water partition coefficient (Wildman–Crippen LogP) is -0.371. The number of nitrogens with zero attached hydrogens (tertiary/aromatic N) is 1. The zero-order valence-electron chi connectivity index (χ0n) is 5.37. The molecular formula is C6H8N2O2. The standard InChI is InChI=1S/C6H8N2O2/c9-3-5(4-10)6-7-1-2-8-6/h3-4,9H,1-2H2,(H,7,8)/b5-3+. The van der Waals surface area contributed by atoms with Crippen molar-refractivity contribution in [3.63, 3.8) is 0 Å². The average Bonchev–Trinajstić information content (AvgIpc) is 2.43. The maximum atomic E-state index is 10.2. The van der Waals surface area contributed by atoms with Crippen LogP contribution in [0.15, 0.2) is 16.8 Å². The lowest BCUT2D eigenvalue weighted by atomic mass is 10.3. The Morgan fingerprint density at radius 2 is 2.60 bits per heavy atom. The van der Waals surface area contributed by atoms with Crippen molar-refractivity contribution < 1.29 is 9.90 Å². The van der Waals surface area contributed by atoms with Crippen LogP contribution in [0.4, 0.5) is 0 Å². The van der Waals surface area contributed by atoms with Crippen molar-refractivity contribution in [1.82, 2.24) is 5.32 Å². The van der Waals surface area contributed by atoms with Crippen LogP contribution in [0.3, 0.4) is 0 Å². The van der Waals surface area contributed by atoms with Gasteiger partial charge in [0.05, 0.1) is 18.4 Å². The van der Waals surface area contributed by atoms with Gasteiger partial charge < -0.3 is 10.4 Å². The van der Waals surface area contributed by atoms with Crippen LogP contribution in [-0.4, -0.2) is 30.3 Å². The Morgan fingerprint density at radius 3 is 3.00 bits per heavy atom. The number of aliphatic hydroxyl groups is 1. The normalized spacial score (nSPS) is 18.0. The van der Waals surface area contributed by atoms with Gasteiger partial charge in [0.1, 0.15) is 5.84 Å². The lowest BCUT2D eigenvalue weighted by Crippen LogP contribution is -2.21. The molecule has 1 aliphatic rings. The Morgan fingerprint density at radius 1 is 1.80 bits per heavy atom. The molecule has 0 radical (unpaired) electrons. The summed E-state index contributed by atoms with van der Waals surface area (Å²) in [6.07, 6.45) is 1.32. The first kappa shape index (κ1) is 6.80. The van der Waals surface area contributed by atoms with Crippen LogP contribution in [0.25, 0.3) is 0 Å². The molecule has 4 heteroatoms. The first-order valence-electron chi connectivity index (χ1n) is 2.96. The Balaban J connectivity index is 2.71. The lowest BCUT2D eigenvalue weighted by Gasteiger charge is -1.96. The summed E-state index contributed by atoms with van der Waals surface area (Å²) in [6, 6.07) is 0. The Hall–Kier alpha value is -1.32. The van der Waals surface area contributed by atoms with Crippen molar-refractivity contribution in [2.24, 2.45) is 4.99 Å². The summed E-state index contributed by atoms with van der Waals surface area (Å²) in [5.74, 6) is 0.484. The molecule has 4 nitrogen and oxygen atoms in total. The van der Waals surface area contributed by atoms with Crippen LogP contribution in [0.1, 0.15) is 0 Å². The molecule has 1 aliphatic heterocycles. The smallest absolute Gasteiger partial charge is 0.156 e. The first-order valence-corrected chi connectivity index (χ1v) is 2.96. The van der Waals surface area contributed by atoms with Gasteiger partial charge in [0.15, 0.2) is 6.29 Å². The number of aldehydes is 1. The number of rotatable bonds is 2. The third kappa shape index (κ3) is 1.15. The topological polar surface area (TPSA) is 61.7 Å². The molecule has 0 unspecified atom stereocenters. The molecule has 0 saturated carbocycles. The highest BCUT2D eigenvalue weighted by Gasteiger charge is 2.09. The van der Waals surface area contributed by atoms with Gasteiger partial charge in [-0.25, -0.2) is 0 Å². The number of hydrogen-bond acceptors (Lipinski definition) is 4. The molecule has 0 aromatic rings. The third-order valence-electron chi connectivity index (χ3n) is 1.21. The summed E-state index contributed by atoms with van der Waals surface area (Å²) < 4.78 is 0. The first-order chi connectivity index (χ1) is 4.88. The van der Waals surface area contributed by atoms with Crippen molar-refractivity contribution >= 4 is 12.1 Å². The maximum Gasteiger partial charge on any atom is 0.156 e. The minimum Gasteiger partial charge on any atom is -0.515 e. The van der Waals surface area contributed by atoms with Crippen LogP contribution < -0.4 is 5.32 Å². The van der Waals surface area contributed by atoms with Gasteiger partial charge in [0, 0.05) is 6.54 Å². The molecule has 0 atom stereocenters. The van der Waals surface area contributed by atoms with Crippen molar-refractivity contribution in [3.8, 4) is 0 Å². The monoisotopic (exact) mass is 140 g/mol. The van der Waals surface area contributed by atoms with Gasteiger partial charge in [-0.1, -0.05) is 0 Å². The van der Waals surface area contributed by atoms with E-state index in [9.17, 15) is 4.79 Å². The van der Waals surface area contributed by atoms with Crippen molar-refractivity contribution in [2.75, 3.05) is 13.1 Å². The summed E-state index contributed by atoms with van der Waals surface area (Å²) in [6.45, 7) is 1.40. The number of aliphatic hydroxyl groups excluding tert-OH is 1. The molecule has 54 valence electrons. The number of hydrogen-bond donors (Lipinski definition) is 2. The SMILES string of the molecule is O=C/C(=C\O)C1=NCCN1. The second-order valence-electron chi connectivity index (χ2n) is 1.86. The Bertz CT molecular complexity index is 196. The van der Waals surface area contributed by atoms with E-state index in [2.05, 4.69) is 10.3 Å². The quantitative estimate of drug-likeness (QED) is 0.312. The average molecular weight is 140 g/mol. The van der Waals surface area contributed by atoms with Crippen LogP contribution >= 0.6 is 0 Å². The fourth-order valence-electron chi connectivity index (χ4n) is 0.739. The number of amidine groups is 1. The van der Waals surface area contributed by atoms with Gasteiger partial charge in [-0.3, -0.25) is 9.79 Å². The molecule has 0 aromatic heterocycles. The molecule has 1 rings (SSSR count). The van der Waals surface area contributed by atoms with Gasteiger partial charge in [-0.15, -0.1) is 0 Å². The van der Waals surface area contributed by atoms with E-state index in [-0.39, 0.29) is 5.57 Å². The second kappa shape index (κ2) is 3.00. The molecule has 10 heavy (non-hydrogen) atoms. The lowest BCUT2D eigenvalue weighted by molar-refractivity contribution is -0.104. The molecule has 1 heterocycles. The molecule has 0 spiro atoms. The maximum absolute atomic E-state index is 10.2. The third-order valence-corrected chi connectivity index (χ3v) is 1.21. The molecular weight excluding hydrogens is 132 g/mol.